The molecule has 0 aliphatic heterocycles. The third-order valence-electron chi connectivity index (χ3n) is 10.3. The first kappa shape index (κ1) is 33.0. The molecule has 56 heavy (non-hydrogen) atoms. The number of hydrogen-bond acceptors (Lipinski definition) is 4. The van der Waals surface area contributed by atoms with Crippen LogP contribution in [-0.2, 0) is 0 Å². The summed E-state index contributed by atoms with van der Waals surface area (Å²) in [5, 5.41) is 3.45. The SMILES string of the molecule is c1ccc(-c2cccc(-c3nc(-c4ccccc4)nc(-c4cccc(-c5cc6nc(-c7ccccc7)cc(-c7ccccc7)c6c6ccccc56)c4)n3)c2)cc1. The molecule has 4 nitrogen and oxygen atoms in total. The summed E-state index contributed by atoms with van der Waals surface area (Å²) in [6, 6.07) is 71.7. The third kappa shape index (κ3) is 6.29. The average molecular weight is 715 g/mol. The molecule has 262 valence electrons. The highest BCUT2D eigenvalue weighted by Crippen LogP contribution is 2.41. The average Bonchev–Trinajstić information content (AvgIpc) is 3.29. The molecule has 0 saturated carbocycles. The van der Waals surface area contributed by atoms with E-state index in [-0.39, 0.29) is 0 Å². The Morgan fingerprint density at radius 2 is 0.696 bits per heavy atom. The van der Waals surface area contributed by atoms with Crippen molar-refractivity contribution in [1.29, 1.82) is 0 Å². The summed E-state index contributed by atoms with van der Waals surface area (Å²) in [7, 11) is 0. The second-order valence-electron chi connectivity index (χ2n) is 13.9. The Morgan fingerprint density at radius 3 is 1.32 bits per heavy atom. The highest BCUT2D eigenvalue weighted by Gasteiger charge is 2.18. The van der Waals surface area contributed by atoms with E-state index in [0.29, 0.717) is 17.5 Å². The van der Waals surface area contributed by atoms with Gasteiger partial charge in [0.15, 0.2) is 17.5 Å². The van der Waals surface area contributed by atoms with E-state index in [2.05, 4.69) is 164 Å². The summed E-state index contributed by atoms with van der Waals surface area (Å²) in [6.45, 7) is 0. The Kier molecular flexibility index (Phi) is 8.47. The molecule has 0 radical (unpaired) electrons. The van der Waals surface area contributed by atoms with E-state index >= 15 is 0 Å². The van der Waals surface area contributed by atoms with Crippen LogP contribution in [0.3, 0.4) is 0 Å². The summed E-state index contributed by atoms with van der Waals surface area (Å²) < 4.78 is 0. The van der Waals surface area contributed by atoms with Gasteiger partial charge in [-0.05, 0) is 68.4 Å². The molecule has 10 rings (SSSR count). The number of fused-ring (bicyclic) bond motifs is 3. The van der Waals surface area contributed by atoms with Crippen molar-refractivity contribution < 1.29 is 0 Å². The number of aromatic nitrogens is 4. The predicted octanol–water partition coefficient (Wildman–Crippen LogP) is 13.2. The summed E-state index contributed by atoms with van der Waals surface area (Å²) >= 11 is 0. The molecule has 0 saturated heterocycles. The lowest BCUT2D eigenvalue weighted by atomic mass is 9.90. The Hall–Kier alpha value is -7.56. The van der Waals surface area contributed by atoms with Gasteiger partial charge >= 0.3 is 0 Å². The van der Waals surface area contributed by atoms with Gasteiger partial charge in [0.1, 0.15) is 0 Å². The van der Waals surface area contributed by atoms with Crippen LogP contribution < -0.4 is 0 Å². The molecule has 2 aromatic heterocycles. The second kappa shape index (κ2) is 14.3. The molecule has 4 heteroatoms. The van der Waals surface area contributed by atoms with Gasteiger partial charge in [0.2, 0.25) is 0 Å². The fraction of sp³-hybridized carbons (Fsp3) is 0. The van der Waals surface area contributed by atoms with Gasteiger partial charge in [-0.25, -0.2) is 19.9 Å². The third-order valence-corrected chi connectivity index (χ3v) is 10.3. The number of pyridine rings is 1. The Balaban J connectivity index is 1.16. The molecule has 8 aromatic carbocycles. The van der Waals surface area contributed by atoms with Gasteiger partial charge in [0.05, 0.1) is 11.2 Å². The molecule has 0 spiro atoms. The monoisotopic (exact) mass is 714 g/mol. The van der Waals surface area contributed by atoms with Gasteiger partial charge in [-0.2, -0.15) is 0 Å². The molecule has 10 aromatic rings. The summed E-state index contributed by atoms with van der Waals surface area (Å²) in [5.41, 5.74) is 12.5. The van der Waals surface area contributed by atoms with Crippen molar-refractivity contribution in [1.82, 2.24) is 19.9 Å². The minimum absolute atomic E-state index is 0.613. The number of hydrogen-bond donors (Lipinski definition) is 0. The quantitative estimate of drug-likeness (QED) is 0.154. The zero-order valence-corrected chi connectivity index (χ0v) is 30.4. The topological polar surface area (TPSA) is 51.6 Å². The van der Waals surface area contributed by atoms with Crippen LogP contribution in [0.1, 0.15) is 0 Å². The first-order chi connectivity index (χ1) is 27.7. The predicted molar refractivity (Wildman–Crippen MR) is 231 cm³/mol. The zero-order chi connectivity index (χ0) is 37.3. The lowest BCUT2D eigenvalue weighted by Gasteiger charge is -2.16. The Morgan fingerprint density at radius 1 is 0.250 bits per heavy atom. The summed E-state index contributed by atoms with van der Waals surface area (Å²) in [6.07, 6.45) is 0. The molecule has 0 aliphatic carbocycles. The van der Waals surface area contributed by atoms with Crippen LogP contribution in [0.4, 0.5) is 0 Å². The first-order valence-corrected chi connectivity index (χ1v) is 18.8. The number of benzene rings is 8. The molecule has 0 aliphatic rings. The van der Waals surface area contributed by atoms with E-state index in [1.807, 2.05) is 42.5 Å². The maximum absolute atomic E-state index is 5.33. The summed E-state index contributed by atoms with van der Waals surface area (Å²) in [5.74, 6) is 1.87. The fourth-order valence-corrected chi connectivity index (χ4v) is 7.59. The second-order valence-corrected chi connectivity index (χ2v) is 13.9. The molecule has 0 amide bonds. The van der Waals surface area contributed by atoms with E-state index in [0.717, 1.165) is 83.0 Å². The minimum Gasteiger partial charge on any atom is -0.248 e. The van der Waals surface area contributed by atoms with Gasteiger partial charge in [0.25, 0.3) is 0 Å². The normalized spacial score (nSPS) is 11.2. The molecule has 0 bridgehead atoms. The van der Waals surface area contributed by atoms with Crippen molar-refractivity contribution >= 4 is 21.7 Å². The largest absolute Gasteiger partial charge is 0.248 e. The molecule has 0 unspecified atom stereocenters. The van der Waals surface area contributed by atoms with E-state index in [9.17, 15) is 0 Å². The molecule has 2 heterocycles. The van der Waals surface area contributed by atoms with Crippen LogP contribution in [0.5, 0.6) is 0 Å². The van der Waals surface area contributed by atoms with Gasteiger partial charge in [0, 0.05) is 27.6 Å². The molecule has 0 N–H and O–H groups in total. The Labute approximate surface area is 325 Å². The van der Waals surface area contributed by atoms with E-state index in [4.69, 9.17) is 19.9 Å². The smallest absolute Gasteiger partial charge is 0.164 e. The van der Waals surface area contributed by atoms with Gasteiger partial charge in [-0.1, -0.05) is 182 Å². The first-order valence-electron chi connectivity index (χ1n) is 18.8. The van der Waals surface area contributed by atoms with Crippen LogP contribution in [-0.4, -0.2) is 19.9 Å². The van der Waals surface area contributed by atoms with Gasteiger partial charge in [-0.15, -0.1) is 0 Å². The van der Waals surface area contributed by atoms with Crippen molar-refractivity contribution in [2.75, 3.05) is 0 Å². The van der Waals surface area contributed by atoms with Crippen molar-refractivity contribution in [3.63, 3.8) is 0 Å². The highest BCUT2D eigenvalue weighted by molar-refractivity contribution is 6.18. The van der Waals surface area contributed by atoms with E-state index < -0.39 is 0 Å². The van der Waals surface area contributed by atoms with Crippen LogP contribution in [0, 0.1) is 0 Å². The number of nitrogens with zero attached hydrogens (tertiary/aromatic N) is 4. The molecule has 0 atom stereocenters. The lowest BCUT2D eigenvalue weighted by Crippen LogP contribution is -2.00. The van der Waals surface area contributed by atoms with Crippen LogP contribution in [0.25, 0.3) is 100 Å². The highest BCUT2D eigenvalue weighted by atomic mass is 15.0. The van der Waals surface area contributed by atoms with Crippen LogP contribution in [0.2, 0.25) is 0 Å². The Bertz CT molecular complexity index is 3000. The van der Waals surface area contributed by atoms with Crippen molar-refractivity contribution in [2.24, 2.45) is 0 Å². The van der Waals surface area contributed by atoms with Crippen molar-refractivity contribution in [3.05, 3.63) is 206 Å². The standard InChI is InChI=1S/C52H34N4/c1-5-17-35(18-6-1)39-25-15-27-41(31-39)51-54-50(38-23-11-4-12-24-38)55-52(56-51)42-28-16-26-40(32-42)45-33-48-49(44-30-14-13-29-43(44)45)46(36-19-7-2-8-20-36)34-47(53-48)37-21-9-3-10-22-37/h1-34H. The van der Waals surface area contributed by atoms with Gasteiger partial charge in [-0.3, -0.25) is 0 Å². The lowest BCUT2D eigenvalue weighted by molar-refractivity contribution is 1.07. The van der Waals surface area contributed by atoms with Crippen molar-refractivity contribution in [2.45, 2.75) is 0 Å². The van der Waals surface area contributed by atoms with Gasteiger partial charge < -0.3 is 0 Å². The van der Waals surface area contributed by atoms with Crippen molar-refractivity contribution in [3.8, 4) is 78.8 Å². The maximum Gasteiger partial charge on any atom is 0.164 e. The minimum atomic E-state index is 0.613. The summed E-state index contributed by atoms with van der Waals surface area (Å²) in [4.78, 5) is 20.6. The van der Waals surface area contributed by atoms with Crippen LogP contribution >= 0.6 is 0 Å². The number of rotatable bonds is 7. The fourth-order valence-electron chi connectivity index (χ4n) is 7.59. The molecule has 0 fully saturated rings. The van der Waals surface area contributed by atoms with Crippen LogP contribution in [0.15, 0.2) is 206 Å². The van der Waals surface area contributed by atoms with E-state index in [1.54, 1.807) is 0 Å². The maximum atomic E-state index is 5.33. The molecular weight excluding hydrogens is 681 g/mol. The zero-order valence-electron chi connectivity index (χ0n) is 30.4. The van der Waals surface area contributed by atoms with E-state index in [1.165, 1.54) is 0 Å². The molecular formula is C52H34N4.